The van der Waals surface area contributed by atoms with Crippen LogP contribution in [-0.4, -0.2) is 57.2 Å². The number of aromatic nitrogens is 2. The van der Waals surface area contributed by atoms with Crippen LogP contribution in [-0.2, 0) is 11.8 Å². The van der Waals surface area contributed by atoms with Crippen molar-refractivity contribution in [3.63, 3.8) is 0 Å². The summed E-state index contributed by atoms with van der Waals surface area (Å²) in [5.41, 5.74) is 0.323. The van der Waals surface area contributed by atoms with Crippen LogP contribution in [0.25, 0.3) is 11.1 Å². The maximum Gasteiger partial charge on any atom is 0.265 e. The number of thioether (sulfide) groups is 1. The van der Waals surface area contributed by atoms with Crippen LogP contribution in [0.2, 0.25) is 0 Å². The second-order valence-electron chi connectivity index (χ2n) is 6.98. The van der Waals surface area contributed by atoms with Crippen molar-refractivity contribution in [1.29, 1.82) is 0 Å². The molecule has 0 saturated carbocycles. The molecule has 4 heterocycles. The Bertz CT molecular complexity index is 878. The number of furan rings is 1. The summed E-state index contributed by atoms with van der Waals surface area (Å²) in [5.74, 6) is 2.27. The van der Waals surface area contributed by atoms with E-state index in [4.69, 9.17) is 9.15 Å². The zero-order valence-corrected chi connectivity index (χ0v) is 15.9. The van der Waals surface area contributed by atoms with E-state index in [0.717, 1.165) is 37.4 Å². The topological polar surface area (TPSA) is 77.6 Å². The molecule has 0 radical (unpaired) electrons. The zero-order chi connectivity index (χ0) is 18.3. The van der Waals surface area contributed by atoms with Crippen molar-refractivity contribution in [2.75, 3.05) is 24.7 Å². The summed E-state index contributed by atoms with van der Waals surface area (Å²) in [6.45, 7) is 3.04. The standard InChI is InChI=1S/C18H23N3O4S/c1-11-14(15-16(25-11)19-10-20(2)17(15)22)18(23)21(12-5-7-26-9-12)8-13-4-3-6-24-13/h10,12-13H,3-9H2,1-2H3. The van der Waals surface area contributed by atoms with Gasteiger partial charge in [-0.15, -0.1) is 0 Å². The highest BCUT2D eigenvalue weighted by atomic mass is 32.2. The largest absolute Gasteiger partial charge is 0.442 e. The van der Waals surface area contributed by atoms with Crippen molar-refractivity contribution in [1.82, 2.24) is 14.5 Å². The molecule has 2 unspecified atom stereocenters. The van der Waals surface area contributed by atoms with Gasteiger partial charge in [0.25, 0.3) is 11.5 Å². The van der Waals surface area contributed by atoms with Crippen molar-refractivity contribution in [3.8, 4) is 0 Å². The third-order valence-electron chi connectivity index (χ3n) is 5.19. The second-order valence-corrected chi connectivity index (χ2v) is 8.13. The molecule has 0 aromatic carbocycles. The van der Waals surface area contributed by atoms with Crippen molar-refractivity contribution in [2.24, 2.45) is 7.05 Å². The molecule has 2 aliphatic rings. The van der Waals surface area contributed by atoms with E-state index in [1.807, 2.05) is 16.7 Å². The van der Waals surface area contributed by atoms with Crippen LogP contribution in [0, 0.1) is 6.92 Å². The average molecular weight is 377 g/mol. The van der Waals surface area contributed by atoms with Crippen molar-refractivity contribution in [2.45, 2.75) is 38.3 Å². The highest BCUT2D eigenvalue weighted by Crippen LogP contribution is 2.29. The van der Waals surface area contributed by atoms with Gasteiger partial charge in [0, 0.05) is 32.0 Å². The van der Waals surface area contributed by atoms with Crippen molar-refractivity contribution < 1.29 is 13.9 Å². The fraction of sp³-hybridized carbons (Fsp3) is 0.611. The molecule has 8 heteroatoms. The van der Waals surface area contributed by atoms with Gasteiger partial charge in [-0.3, -0.25) is 9.59 Å². The van der Waals surface area contributed by atoms with E-state index in [0.29, 0.717) is 17.9 Å². The summed E-state index contributed by atoms with van der Waals surface area (Å²) in [6, 6.07) is 0.168. The van der Waals surface area contributed by atoms with E-state index < -0.39 is 0 Å². The van der Waals surface area contributed by atoms with Crippen LogP contribution in [0.5, 0.6) is 0 Å². The molecule has 0 aliphatic carbocycles. The molecular weight excluding hydrogens is 354 g/mol. The first-order valence-electron chi connectivity index (χ1n) is 9.01. The average Bonchev–Trinajstić information content (AvgIpc) is 3.36. The SMILES string of the molecule is Cc1oc2ncn(C)c(=O)c2c1C(=O)N(CC1CCCO1)C1CCSC1. The Morgan fingerprint density at radius 2 is 2.31 bits per heavy atom. The van der Waals surface area contributed by atoms with Crippen LogP contribution in [0.1, 0.15) is 35.4 Å². The van der Waals surface area contributed by atoms with E-state index in [1.54, 1.807) is 14.0 Å². The van der Waals surface area contributed by atoms with E-state index in [2.05, 4.69) is 4.98 Å². The lowest BCUT2D eigenvalue weighted by atomic mass is 10.1. The van der Waals surface area contributed by atoms with E-state index in [-0.39, 0.29) is 34.7 Å². The number of ether oxygens (including phenoxy) is 1. The summed E-state index contributed by atoms with van der Waals surface area (Å²) in [7, 11) is 1.63. The lowest BCUT2D eigenvalue weighted by molar-refractivity contribution is 0.0441. The fourth-order valence-electron chi connectivity index (χ4n) is 3.76. The Hall–Kier alpha value is -1.80. The number of carbonyl (C=O) groups excluding carboxylic acids is 1. The number of aryl methyl sites for hydroxylation is 2. The number of amides is 1. The minimum atomic E-state index is -0.256. The Kier molecular flexibility index (Phi) is 4.79. The van der Waals surface area contributed by atoms with Crippen LogP contribution in [0.3, 0.4) is 0 Å². The summed E-state index contributed by atoms with van der Waals surface area (Å²) in [5, 5.41) is 0.278. The highest BCUT2D eigenvalue weighted by molar-refractivity contribution is 7.99. The third-order valence-corrected chi connectivity index (χ3v) is 6.34. The molecular formula is C18H23N3O4S. The molecule has 0 bridgehead atoms. The predicted molar refractivity (Wildman–Crippen MR) is 99.7 cm³/mol. The second kappa shape index (κ2) is 7.08. The number of carbonyl (C=O) groups is 1. The predicted octanol–water partition coefficient (Wildman–Crippen LogP) is 1.96. The maximum absolute atomic E-state index is 13.5. The number of nitrogens with zero attached hydrogens (tertiary/aromatic N) is 3. The van der Waals surface area contributed by atoms with Gasteiger partial charge < -0.3 is 18.6 Å². The monoisotopic (exact) mass is 377 g/mol. The summed E-state index contributed by atoms with van der Waals surface area (Å²) in [6.07, 6.45) is 4.46. The first-order chi connectivity index (χ1) is 12.6. The van der Waals surface area contributed by atoms with Gasteiger partial charge in [-0.25, -0.2) is 4.98 Å². The lowest BCUT2D eigenvalue weighted by Crippen LogP contribution is -2.45. The molecule has 0 N–H and O–H groups in total. The maximum atomic E-state index is 13.5. The minimum Gasteiger partial charge on any atom is -0.442 e. The molecule has 4 rings (SSSR count). The fourth-order valence-corrected chi connectivity index (χ4v) is 4.99. The summed E-state index contributed by atoms with van der Waals surface area (Å²) >= 11 is 1.86. The normalized spacial score (nSPS) is 23.0. The van der Waals surface area contributed by atoms with E-state index in [9.17, 15) is 9.59 Å². The molecule has 2 aromatic heterocycles. The molecule has 140 valence electrons. The van der Waals surface area contributed by atoms with E-state index >= 15 is 0 Å². The molecule has 2 atom stereocenters. The Morgan fingerprint density at radius 1 is 1.46 bits per heavy atom. The van der Waals surface area contributed by atoms with Gasteiger partial charge >= 0.3 is 0 Å². The van der Waals surface area contributed by atoms with Crippen molar-refractivity contribution >= 4 is 28.8 Å². The van der Waals surface area contributed by atoms with Gasteiger partial charge in [0.05, 0.1) is 11.7 Å². The minimum absolute atomic E-state index is 0.0731. The molecule has 2 saturated heterocycles. The number of hydrogen-bond donors (Lipinski definition) is 0. The number of rotatable bonds is 4. The van der Waals surface area contributed by atoms with Crippen LogP contribution in [0.4, 0.5) is 0 Å². The lowest BCUT2D eigenvalue weighted by Gasteiger charge is -2.30. The van der Waals surface area contributed by atoms with Crippen LogP contribution in [0.15, 0.2) is 15.5 Å². The Labute approximate surface area is 155 Å². The number of fused-ring (bicyclic) bond motifs is 1. The van der Waals surface area contributed by atoms with Crippen LogP contribution >= 0.6 is 11.8 Å². The summed E-state index contributed by atoms with van der Waals surface area (Å²) in [4.78, 5) is 32.2. The molecule has 2 aromatic rings. The third kappa shape index (κ3) is 3.05. The molecule has 2 aliphatic heterocycles. The smallest absolute Gasteiger partial charge is 0.265 e. The van der Waals surface area contributed by atoms with Crippen molar-refractivity contribution in [3.05, 3.63) is 28.0 Å². The number of hydrogen-bond acceptors (Lipinski definition) is 6. The summed E-state index contributed by atoms with van der Waals surface area (Å²) < 4.78 is 12.8. The van der Waals surface area contributed by atoms with Gasteiger partial charge in [0.1, 0.15) is 17.5 Å². The molecule has 0 spiro atoms. The Morgan fingerprint density at radius 3 is 3.00 bits per heavy atom. The zero-order valence-electron chi connectivity index (χ0n) is 15.1. The van der Waals surface area contributed by atoms with Gasteiger partial charge in [0.15, 0.2) is 0 Å². The molecule has 7 nitrogen and oxygen atoms in total. The quantitative estimate of drug-likeness (QED) is 0.811. The van der Waals surface area contributed by atoms with E-state index in [1.165, 1.54) is 10.9 Å². The molecule has 26 heavy (non-hydrogen) atoms. The van der Waals surface area contributed by atoms with Gasteiger partial charge in [-0.05, 0) is 31.9 Å². The van der Waals surface area contributed by atoms with Gasteiger partial charge in [-0.2, -0.15) is 11.8 Å². The van der Waals surface area contributed by atoms with Gasteiger partial charge in [0.2, 0.25) is 5.71 Å². The van der Waals surface area contributed by atoms with Crippen LogP contribution < -0.4 is 5.56 Å². The molecule has 2 fully saturated rings. The first kappa shape index (κ1) is 17.6. The highest BCUT2D eigenvalue weighted by Gasteiger charge is 2.34. The first-order valence-corrected chi connectivity index (χ1v) is 10.2. The Balaban J connectivity index is 1.75. The molecule has 1 amide bonds. The van der Waals surface area contributed by atoms with Gasteiger partial charge in [-0.1, -0.05) is 0 Å².